The molecule has 0 bridgehead atoms. The molecule has 140 valence electrons. The highest BCUT2D eigenvalue weighted by molar-refractivity contribution is 7.86. The van der Waals surface area contributed by atoms with Gasteiger partial charge in [-0.25, -0.2) is 0 Å². The maximum Gasteiger partial charge on any atom is 0.405 e. The van der Waals surface area contributed by atoms with Gasteiger partial charge in [0.05, 0.1) is 6.61 Å². The molecule has 0 atom stereocenters. The van der Waals surface area contributed by atoms with Crippen molar-refractivity contribution in [3.05, 3.63) is 59.2 Å². The summed E-state index contributed by atoms with van der Waals surface area (Å²) in [5, 5.41) is 0. The molecule has 0 aromatic heterocycles. The quantitative estimate of drug-likeness (QED) is 0.721. The molecule has 0 aliphatic heterocycles. The fraction of sp³-hybridized carbons (Fsp3) is 0.368. The third kappa shape index (κ3) is 4.65. The first-order valence-electron chi connectivity index (χ1n) is 8.38. The van der Waals surface area contributed by atoms with Crippen molar-refractivity contribution in [2.45, 2.75) is 38.5 Å². The van der Waals surface area contributed by atoms with Gasteiger partial charge in [0.2, 0.25) is 0 Å². The Balaban J connectivity index is 1.91. The van der Waals surface area contributed by atoms with Crippen molar-refractivity contribution < 1.29 is 25.8 Å². The highest BCUT2D eigenvalue weighted by Gasteiger charge is 2.36. The predicted octanol–water partition coefficient (Wildman–Crippen LogP) is 4.64. The molecule has 2 aromatic rings. The summed E-state index contributed by atoms with van der Waals surface area (Å²) >= 11 is 0. The van der Waals surface area contributed by atoms with E-state index in [0.29, 0.717) is 5.56 Å². The molecule has 3 nitrogen and oxygen atoms in total. The van der Waals surface area contributed by atoms with Gasteiger partial charge in [-0.2, -0.15) is 21.6 Å². The van der Waals surface area contributed by atoms with Crippen molar-refractivity contribution in [3.63, 3.8) is 0 Å². The summed E-state index contributed by atoms with van der Waals surface area (Å²) in [6.07, 6.45) is -1.19. The molecule has 0 unspecified atom stereocenters. The Morgan fingerprint density at radius 2 is 1.62 bits per heavy atom. The highest BCUT2D eigenvalue weighted by atomic mass is 32.2. The van der Waals surface area contributed by atoms with Crippen molar-refractivity contribution in [2.75, 3.05) is 5.75 Å². The normalized spacial score (nSPS) is 14.9. The van der Waals surface area contributed by atoms with Gasteiger partial charge in [-0.05, 0) is 53.5 Å². The number of aryl methyl sites for hydroxylation is 1. The van der Waals surface area contributed by atoms with Crippen LogP contribution in [-0.2, 0) is 33.7 Å². The zero-order chi connectivity index (χ0) is 18.8. The van der Waals surface area contributed by atoms with Gasteiger partial charge in [0.1, 0.15) is 0 Å². The molecule has 0 fully saturated rings. The second-order valence-electron chi connectivity index (χ2n) is 6.39. The number of alkyl halides is 3. The summed E-state index contributed by atoms with van der Waals surface area (Å²) in [6.45, 7) is -0.385. The van der Waals surface area contributed by atoms with Crippen LogP contribution in [0.1, 0.15) is 29.5 Å². The predicted molar refractivity (Wildman–Crippen MR) is 93.2 cm³/mol. The largest absolute Gasteiger partial charge is 0.405 e. The molecule has 0 heterocycles. The molecule has 0 spiro atoms. The lowest BCUT2D eigenvalue weighted by Crippen LogP contribution is -2.24. The van der Waals surface area contributed by atoms with Crippen LogP contribution < -0.4 is 0 Å². The lowest BCUT2D eigenvalue weighted by molar-refractivity contribution is -0.107. The van der Waals surface area contributed by atoms with Crippen LogP contribution >= 0.6 is 0 Å². The minimum absolute atomic E-state index is 0.385. The summed E-state index contributed by atoms with van der Waals surface area (Å²) in [4.78, 5) is 0. The molecule has 2 aromatic carbocycles. The summed E-state index contributed by atoms with van der Waals surface area (Å²) in [6, 6.07) is 13.5. The monoisotopic (exact) mass is 384 g/mol. The van der Waals surface area contributed by atoms with Gasteiger partial charge >= 0.3 is 6.18 Å². The second-order valence-corrected chi connectivity index (χ2v) is 8.03. The van der Waals surface area contributed by atoms with Crippen molar-refractivity contribution in [2.24, 2.45) is 0 Å². The molecule has 0 amide bonds. The lowest BCUT2D eigenvalue weighted by Gasteiger charge is -2.20. The number of hydrogen-bond acceptors (Lipinski definition) is 3. The van der Waals surface area contributed by atoms with Crippen molar-refractivity contribution in [1.29, 1.82) is 0 Å². The number of benzene rings is 2. The van der Waals surface area contributed by atoms with Crippen molar-refractivity contribution in [3.8, 4) is 11.1 Å². The molecule has 1 aliphatic carbocycles. The van der Waals surface area contributed by atoms with Crippen LogP contribution in [0.5, 0.6) is 0 Å². The van der Waals surface area contributed by atoms with Gasteiger partial charge in [-0.3, -0.25) is 4.18 Å². The highest BCUT2D eigenvalue weighted by Crippen LogP contribution is 2.34. The van der Waals surface area contributed by atoms with Gasteiger partial charge in [0, 0.05) is 0 Å². The van der Waals surface area contributed by atoms with Gasteiger partial charge in [-0.1, -0.05) is 42.5 Å². The molecule has 3 rings (SSSR count). The second kappa shape index (κ2) is 7.40. The van der Waals surface area contributed by atoms with Crippen LogP contribution in [0.15, 0.2) is 42.5 Å². The average Bonchev–Trinajstić information content (AvgIpc) is 2.53. The number of halogens is 3. The maximum absolute atomic E-state index is 12.4. The lowest BCUT2D eigenvalue weighted by atomic mass is 9.86. The van der Waals surface area contributed by atoms with E-state index in [2.05, 4.69) is 10.2 Å². The summed E-state index contributed by atoms with van der Waals surface area (Å²) in [5.41, 5.74) is 4.86. The smallest absolute Gasteiger partial charge is 0.265 e. The Labute approximate surface area is 150 Å². The number of fused-ring (bicyclic) bond motifs is 3. The third-order valence-electron chi connectivity index (χ3n) is 4.44. The fourth-order valence-corrected chi connectivity index (χ4v) is 4.12. The topological polar surface area (TPSA) is 43.4 Å². The van der Waals surface area contributed by atoms with E-state index in [0.717, 1.165) is 42.4 Å². The first-order valence-corrected chi connectivity index (χ1v) is 9.96. The van der Waals surface area contributed by atoms with Crippen molar-refractivity contribution >= 4 is 10.1 Å². The van der Waals surface area contributed by atoms with E-state index in [1.807, 2.05) is 24.3 Å². The zero-order valence-electron chi connectivity index (χ0n) is 14.1. The van der Waals surface area contributed by atoms with Gasteiger partial charge in [0.15, 0.2) is 5.75 Å². The summed E-state index contributed by atoms with van der Waals surface area (Å²) < 4.78 is 64.9. The Morgan fingerprint density at radius 3 is 2.38 bits per heavy atom. The average molecular weight is 384 g/mol. The SMILES string of the molecule is O=S(=O)(CC(F)(F)F)OCc1cccc2c1CCCCc1ccccc1-2. The first-order chi connectivity index (χ1) is 12.3. The molecule has 0 N–H and O–H groups in total. The molecule has 0 saturated carbocycles. The minimum Gasteiger partial charge on any atom is -0.265 e. The van der Waals surface area contributed by atoms with E-state index in [9.17, 15) is 21.6 Å². The van der Waals surface area contributed by atoms with E-state index in [4.69, 9.17) is 0 Å². The van der Waals surface area contributed by atoms with Crippen molar-refractivity contribution in [1.82, 2.24) is 0 Å². The zero-order valence-corrected chi connectivity index (χ0v) is 14.9. The van der Waals surface area contributed by atoms with E-state index in [-0.39, 0.29) is 6.61 Å². The van der Waals surface area contributed by atoms with E-state index in [1.54, 1.807) is 12.1 Å². The standard InChI is InChI=1S/C19H19F3O3S/c20-19(21,22)13-26(23,24)25-12-15-8-5-11-18-16-9-3-1-6-14(16)7-2-4-10-17(15)18/h1,3,5-6,8-9,11H,2,4,7,10,12-13H2. The van der Waals surface area contributed by atoms with Crippen LogP contribution in [0.25, 0.3) is 11.1 Å². The Bertz CT molecular complexity index is 889. The van der Waals surface area contributed by atoms with Crippen LogP contribution in [0.3, 0.4) is 0 Å². The van der Waals surface area contributed by atoms with E-state index >= 15 is 0 Å². The number of hydrogen-bond donors (Lipinski definition) is 0. The molecule has 26 heavy (non-hydrogen) atoms. The summed E-state index contributed by atoms with van der Waals surface area (Å²) in [7, 11) is -4.67. The fourth-order valence-electron chi connectivity index (χ4n) is 3.33. The van der Waals surface area contributed by atoms with Crippen LogP contribution in [-0.4, -0.2) is 20.3 Å². The Hall–Kier alpha value is -1.86. The van der Waals surface area contributed by atoms with E-state index in [1.165, 1.54) is 5.56 Å². The molecule has 0 radical (unpaired) electrons. The third-order valence-corrected chi connectivity index (χ3v) is 5.60. The molecular formula is C19H19F3O3S. The first kappa shape index (κ1) is 18.9. The molecular weight excluding hydrogens is 365 g/mol. The maximum atomic E-state index is 12.4. The van der Waals surface area contributed by atoms with Crippen LogP contribution in [0, 0.1) is 0 Å². The minimum atomic E-state index is -4.82. The number of rotatable bonds is 4. The van der Waals surface area contributed by atoms with Crippen LogP contribution in [0.2, 0.25) is 0 Å². The van der Waals surface area contributed by atoms with Gasteiger partial charge in [-0.15, -0.1) is 0 Å². The Morgan fingerprint density at radius 1 is 0.923 bits per heavy atom. The van der Waals surface area contributed by atoms with Gasteiger partial charge < -0.3 is 0 Å². The van der Waals surface area contributed by atoms with Gasteiger partial charge in [0.25, 0.3) is 10.1 Å². The summed E-state index contributed by atoms with van der Waals surface area (Å²) in [5.74, 6) is -1.97. The molecule has 1 aliphatic rings. The van der Waals surface area contributed by atoms with E-state index < -0.39 is 22.0 Å². The molecule has 0 saturated heterocycles. The Kier molecular flexibility index (Phi) is 5.39. The molecule has 7 heteroatoms. The van der Waals surface area contributed by atoms with Crippen LogP contribution in [0.4, 0.5) is 13.2 Å².